The summed E-state index contributed by atoms with van der Waals surface area (Å²) in [6.07, 6.45) is 2.17. The van der Waals surface area contributed by atoms with E-state index in [0.29, 0.717) is 0 Å². The first-order valence-electron chi connectivity index (χ1n) is 10.9. The van der Waals surface area contributed by atoms with Crippen LogP contribution in [0.5, 0.6) is 0 Å². The van der Waals surface area contributed by atoms with Crippen molar-refractivity contribution in [1.29, 1.82) is 0 Å². The minimum absolute atomic E-state index is 0. The summed E-state index contributed by atoms with van der Waals surface area (Å²) in [5, 5.41) is 0. The molecule has 0 atom stereocenters. The normalized spacial score (nSPS) is 13.6. The van der Waals surface area contributed by atoms with Crippen molar-refractivity contribution >= 4 is 25.8 Å². The Balaban J connectivity index is 0.00000204. The Labute approximate surface area is 193 Å². The van der Waals surface area contributed by atoms with Crippen LogP contribution >= 0.6 is 12.4 Å². The molecule has 31 heavy (non-hydrogen) atoms. The molecule has 0 fully saturated rings. The van der Waals surface area contributed by atoms with E-state index in [9.17, 15) is 0 Å². The van der Waals surface area contributed by atoms with E-state index in [0.717, 1.165) is 12.8 Å². The molecular weight excluding hydrogens is 491 g/mol. The molecule has 0 N–H and O–H groups in total. The van der Waals surface area contributed by atoms with Crippen molar-refractivity contribution in [2.75, 3.05) is 0 Å². The Bertz CT molecular complexity index is 1320. The maximum atomic E-state index is 2.65. The average molecular weight is 518 g/mol. The summed E-state index contributed by atoms with van der Waals surface area (Å²) >= 11 is -3.43. The zero-order valence-electron chi connectivity index (χ0n) is 18.1. The van der Waals surface area contributed by atoms with Crippen molar-refractivity contribution in [3.05, 3.63) is 107 Å². The molecule has 2 aliphatic carbocycles. The number of benzene rings is 4. The van der Waals surface area contributed by atoms with Crippen LogP contribution in [0.25, 0.3) is 22.3 Å². The van der Waals surface area contributed by atoms with Gasteiger partial charge in [0.1, 0.15) is 0 Å². The van der Waals surface area contributed by atoms with Crippen LogP contribution in [-0.2, 0) is 30.2 Å². The quantitative estimate of drug-likeness (QED) is 0.265. The van der Waals surface area contributed by atoms with E-state index in [-0.39, 0.29) is 12.4 Å². The third-order valence-electron chi connectivity index (χ3n) is 7.43. The second kappa shape index (κ2) is 7.14. The van der Waals surface area contributed by atoms with Gasteiger partial charge < -0.3 is 0 Å². The Morgan fingerprint density at radius 2 is 0.935 bits per heavy atom. The van der Waals surface area contributed by atoms with Gasteiger partial charge in [0.25, 0.3) is 0 Å². The Morgan fingerprint density at radius 1 is 0.548 bits per heavy atom. The predicted molar refractivity (Wildman–Crippen MR) is 136 cm³/mol. The molecule has 0 amide bonds. The van der Waals surface area contributed by atoms with Crippen LogP contribution in [-0.4, -0.2) is 6.88 Å². The molecule has 0 spiro atoms. The van der Waals surface area contributed by atoms with Gasteiger partial charge in [-0.15, -0.1) is 12.4 Å². The van der Waals surface area contributed by atoms with Gasteiger partial charge in [-0.1, -0.05) is 0 Å². The fraction of sp³-hybridized carbons (Fsp3) is 0.143. The van der Waals surface area contributed by atoms with Gasteiger partial charge >= 0.3 is 182 Å². The zero-order chi connectivity index (χ0) is 20.5. The maximum absolute atomic E-state index is 3.43. The summed E-state index contributed by atoms with van der Waals surface area (Å²) in [4.78, 5) is 0. The van der Waals surface area contributed by atoms with Crippen molar-refractivity contribution in [2.24, 2.45) is 0 Å². The average Bonchev–Trinajstić information content (AvgIpc) is 3.31. The summed E-state index contributed by atoms with van der Waals surface area (Å²) < 4.78 is 8.65. The third kappa shape index (κ3) is 3.03. The van der Waals surface area contributed by atoms with Gasteiger partial charge in [-0.05, 0) is 0 Å². The molecule has 2 aliphatic rings. The molecule has 0 heterocycles. The Hall–Kier alpha value is -1.73. The molecule has 0 bridgehead atoms. The summed E-state index contributed by atoms with van der Waals surface area (Å²) in [7, 11) is 0. The van der Waals surface area contributed by atoms with E-state index in [2.05, 4.69) is 101 Å². The van der Waals surface area contributed by atoms with Crippen LogP contribution < -0.4 is 6.54 Å². The summed E-state index contributed by atoms with van der Waals surface area (Å²) in [6.45, 7) is 2.36. The molecule has 0 radical (unpaired) electrons. The predicted octanol–water partition coefficient (Wildman–Crippen LogP) is 5.54. The third-order valence-corrected chi connectivity index (χ3v) is 22.7. The molecular formula is C28H27ClSiZr. The summed E-state index contributed by atoms with van der Waals surface area (Å²) in [5.74, 6) is 0. The van der Waals surface area contributed by atoms with Crippen LogP contribution in [0.1, 0.15) is 22.3 Å². The molecule has 0 nitrogen and oxygen atoms in total. The molecule has 0 aliphatic heterocycles. The summed E-state index contributed by atoms with van der Waals surface area (Å²) in [6, 6.07) is 32.2. The topological polar surface area (TPSA) is 0 Å². The fourth-order valence-corrected chi connectivity index (χ4v) is 19.5. The minimum atomic E-state index is -3.43. The van der Waals surface area contributed by atoms with E-state index in [1.54, 1.807) is 17.7 Å². The molecule has 6 rings (SSSR count). The van der Waals surface area contributed by atoms with Gasteiger partial charge in [0.2, 0.25) is 0 Å². The number of fused-ring (bicyclic) bond motifs is 6. The van der Waals surface area contributed by atoms with E-state index < -0.39 is 17.4 Å². The van der Waals surface area contributed by atoms with Crippen molar-refractivity contribution in [3.8, 4) is 22.3 Å². The van der Waals surface area contributed by atoms with Gasteiger partial charge in [0, 0.05) is 0 Å². The first-order chi connectivity index (χ1) is 14.4. The second-order valence-corrected chi connectivity index (χ2v) is 38.4. The van der Waals surface area contributed by atoms with Crippen LogP contribution in [0.3, 0.4) is 0 Å². The van der Waals surface area contributed by atoms with Gasteiger partial charge in [0.15, 0.2) is 0 Å². The SMILES string of the molecule is Cl.[CH3][Zr]([CH3])(=[SiH2])([c]1cccc2c1Cc1ccccc1-2)[c]1cccc2c1Cc1ccccc1-2. The van der Waals surface area contributed by atoms with Crippen molar-refractivity contribution in [3.63, 3.8) is 0 Å². The van der Waals surface area contributed by atoms with E-state index in [1.807, 2.05) is 0 Å². The first kappa shape index (κ1) is 21.1. The second-order valence-electron chi connectivity index (χ2n) is 10.0. The number of hydrogen-bond acceptors (Lipinski definition) is 0. The standard InChI is InChI=1S/2C13H9.2CH3.ClH.H2Si.Zr/c2*1-3-7-12-10(5-1)9-11-6-2-4-8-13(11)12;;;;;/h2*1-5,7-8H,9H2;2*1H3;1H;1H2;. The van der Waals surface area contributed by atoms with Crippen molar-refractivity contribution in [1.82, 2.24) is 0 Å². The van der Waals surface area contributed by atoms with Gasteiger partial charge in [-0.25, -0.2) is 0 Å². The van der Waals surface area contributed by atoms with Crippen LogP contribution in [0, 0.1) is 0 Å². The van der Waals surface area contributed by atoms with Gasteiger partial charge in [-0.2, -0.15) is 0 Å². The van der Waals surface area contributed by atoms with E-state index in [4.69, 9.17) is 0 Å². The molecule has 4 aromatic rings. The molecule has 0 saturated heterocycles. The number of halogens is 1. The van der Waals surface area contributed by atoms with Crippen molar-refractivity contribution < 1.29 is 17.4 Å². The molecule has 4 aromatic carbocycles. The van der Waals surface area contributed by atoms with Crippen molar-refractivity contribution in [2.45, 2.75) is 22.1 Å². The molecule has 0 saturated carbocycles. The van der Waals surface area contributed by atoms with Crippen LogP contribution in [0.2, 0.25) is 9.26 Å². The number of rotatable bonds is 2. The van der Waals surface area contributed by atoms with Gasteiger partial charge in [-0.3, -0.25) is 0 Å². The monoisotopic (exact) mass is 516 g/mol. The zero-order valence-corrected chi connectivity index (χ0v) is 22.8. The first-order valence-corrected chi connectivity index (χ1v) is 24.2. The van der Waals surface area contributed by atoms with Gasteiger partial charge in [0.05, 0.1) is 0 Å². The summed E-state index contributed by atoms with van der Waals surface area (Å²) in [5.41, 5.74) is 12.0. The van der Waals surface area contributed by atoms with Crippen LogP contribution in [0.15, 0.2) is 84.9 Å². The molecule has 0 unspecified atom stereocenters. The number of hydrogen-bond donors (Lipinski definition) is 0. The van der Waals surface area contributed by atoms with Crippen LogP contribution in [0.4, 0.5) is 0 Å². The van der Waals surface area contributed by atoms with E-state index in [1.165, 1.54) is 33.4 Å². The molecule has 154 valence electrons. The Kier molecular flexibility index (Phi) is 4.87. The molecule has 0 aromatic heterocycles. The van der Waals surface area contributed by atoms with E-state index >= 15 is 0 Å². The molecule has 3 heteroatoms. The fourth-order valence-electron chi connectivity index (χ4n) is 5.96. The Morgan fingerprint density at radius 3 is 1.39 bits per heavy atom.